The van der Waals surface area contributed by atoms with Gasteiger partial charge < -0.3 is 4.90 Å². The monoisotopic (exact) mass is 326 g/mol. The van der Waals surface area contributed by atoms with Crippen LogP contribution in [0.5, 0.6) is 0 Å². The van der Waals surface area contributed by atoms with Crippen LogP contribution >= 0.6 is 0 Å². The number of amides is 1. The molecule has 6 nitrogen and oxygen atoms in total. The summed E-state index contributed by atoms with van der Waals surface area (Å²) in [5.41, 5.74) is 1.05. The van der Waals surface area contributed by atoms with Gasteiger partial charge in [-0.15, -0.1) is 10.2 Å². The molecule has 0 aliphatic carbocycles. The number of para-hydroxylation sites is 1. The second kappa shape index (κ2) is 7.38. The number of nitrogens with zero attached hydrogens (tertiary/aromatic N) is 4. The molecule has 0 saturated carbocycles. The SMILES string of the molecule is CCC(=O)C(=O)N1CCC(Cc2nncn2-c2ccccc2)CC1. The Labute approximate surface area is 141 Å². The van der Waals surface area contributed by atoms with Crippen LogP contribution in [0.15, 0.2) is 36.7 Å². The summed E-state index contributed by atoms with van der Waals surface area (Å²) in [5, 5.41) is 8.31. The van der Waals surface area contributed by atoms with E-state index in [2.05, 4.69) is 10.2 Å². The molecule has 0 N–H and O–H groups in total. The van der Waals surface area contributed by atoms with Crippen LogP contribution in [0.25, 0.3) is 5.69 Å². The summed E-state index contributed by atoms with van der Waals surface area (Å²) in [7, 11) is 0. The van der Waals surface area contributed by atoms with Gasteiger partial charge in [0.2, 0.25) is 5.78 Å². The molecule has 6 heteroatoms. The Hall–Kier alpha value is -2.50. The van der Waals surface area contributed by atoms with Crippen molar-refractivity contribution in [2.45, 2.75) is 32.6 Å². The average Bonchev–Trinajstić information content (AvgIpc) is 3.10. The number of piperidine rings is 1. The number of rotatable bonds is 5. The molecule has 1 aliphatic heterocycles. The molecule has 0 unspecified atom stereocenters. The van der Waals surface area contributed by atoms with Gasteiger partial charge in [-0.1, -0.05) is 25.1 Å². The van der Waals surface area contributed by atoms with Crippen LogP contribution in [-0.4, -0.2) is 44.4 Å². The van der Waals surface area contributed by atoms with E-state index in [1.54, 1.807) is 18.2 Å². The van der Waals surface area contributed by atoms with E-state index in [-0.39, 0.29) is 18.1 Å². The fourth-order valence-electron chi connectivity index (χ4n) is 3.13. The Morgan fingerprint density at radius 1 is 1.17 bits per heavy atom. The molecule has 0 radical (unpaired) electrons. The van der Waals surface area contributed by atoms with Gasteiger partial charge in [0.1, 0.15) is 12.2 Å². The minimum atomic E-state index is -0.330. The second-order valence-electron chi connectivity index (χ2n) is 6.17. The van der Waals surface area contributed by atoms with Gasteiger partial charge in [-0.05, 0) is 30.9 Å². The zero-order valence-electron chi connectivity index (χ0n) is 13.9. The lowest BCUT2D eigenvalue weighted by Crippen LogP contribution is -2.42. The first kappa shape index (κ1) is 16.4. The van der Waals surface area contributed by atoms with Crippen LogP contribution in [0.1, 0.15) is 32.0 Å². The summed E-state index contributed by atoms with van der Waals surface area (Å²) in [4.78, 5) is 25.2. The molecule has 3 rings (SSSR count). The molecule has 0 atom stereocenters. The molecule has 1 aromatic heterocycles. The molecule has 1 aromatic carbocycles. The lowest BCUT2D eigenvalue weighted by Gasteiger charge is -2.31. The Morgan fingerprint density at radius 3 is 2.54 bits per heavy atom. The molecule has 126 valence electrons. The van der Waals surface area contributed by atoms with Gasteiger partial charge in [0.15, 0.2) is 0 Å². The van der Waals surface area contributed by atoms with Crippen LogP contribution in [-0.2, 0) is 16.0 Å². The van der Waals surface area contributed by atoms with Gasteiger partial charge in [0, 0.05) is 31.6 Å². The van der Waals surface area contributed by atoms with E-state index in [1.807, 2.05) is 34.9 Å². The van der Waals surface area contributed by atoms with Gasteiger partial charge in [0.05, 0.1) is 0 Å². The zero-order chi connectivity index (χ0) is 16.9. The molecule has 0 spiro atoms. The molecule has 0 bridgehead atoms. The Bertz CT molecular complexity index is 703. The van der Waals surface area contributed by atoms with Crippen LogP contribution < -0.4 is 0 Å². The third-order valence-electron chi connectivity index (χ3n) is 4.59. The molecule has 2 heterocycles. The number of Topliss-reactive ketones (excluding diaryl/α,β-unsaturated/α-hetero) is 1. The van der Waals surface area contributed by atoms with Gasteiger partial charge in [-0.2, -0.15) is 0 Å². The van der Waals surface area contributed by atoms with E-state index in [1.165, 1.54) is 0 Å². The molecule has 2 aromatic rings. The number of ketones is 1. The summed E-state index contributed by atoms with van der Waals surface area (Å²) in [6, 6.07) is 10.0. The summed E-state index contributed by atoms with van der Waals surface area (Å²) in [5.74, 6) is 0.772. The van der Waals surface area contributed by atoms with Crippen LogP contribution in [0.3, 0.4) is 0 Å². The van der Waals surface area contributed by atoms with E-state index >= 15 is 0 Å². The van der Waals surface area contributed by atoms with Crippen molar-refractivity contribution in [3.8, 4) is 5.69 Å². The summed E-state index contributed by atoms with van der Waals surface area (Å²) >= 11 is 0. The van der Waals surface area contributed by atoms with Gasteiger partial charge in [-0.3, -0.25) is 14.2 Å². The first-order valence-corrected chi connectivity index (χ1v) is 8.45. The first-order valence-electron chi connectivity index (χ1n) is 8.45. The van der Waals surface area contributed by atoms with Crippen molar-refractivity contribution >= 4 is 11.7 Å². The van der Waals surface area contributed by atoms with Crippen molar-refractivity contribution in [2.75, 3.05) is 13.1 Å². The zero-order valence-corrected chi connectivity index (χ0v) is 13.9. The van der Waals surface area contributed by atoms with E-state index in [9.17, 15) is 9.59 Å². The lowest BCUT2D eigenvalue weighted by atomic mass is 9.93. The number of aromatic nitrogens is 3. The highest BCUT2D eigenvalue weighted by atomic mass is 16.2. The number of carbonyl (C=O) groups excluding carboxylic acids is 2. The second-order valence-corrected chi connectivity index (χ2v) is 6.17. The predicted octanol–water partition coefficient (Wildman–Crippen LogP) is 2.03. The standard InChI is InChI=1S/C18H22N4O2/c1-2-16(23)18(24)21-10-8-14(9-11-21)12-17-20-19-13-22(17)15-6-4-3-5-7-15/h3-7,13-14H,2,8-12H2,1H3. The lowest BCUT2D eigenvalue weighted by molar-refractivity contribution is -0.145. The maximum atomic E-state index is 11.9. The van der Waals surface area contributed by atoms with E-state index < -0.39 is 0 Å². The summed E-state index contributed by atoms with van der Waals surface area (Å²) in [6.45, 7) is 3.02. The van der Waals surface area contributed by atoms with Crippen molar-refractivity contribution in [1.29, 1.82) is 0 Å². The van der Waals surface area contributed by atoms with Gasteiger partial charge in [0.25, 0.3) is 5.91 Å². The number of likely N-dealkylation sites (tertiary alicyclic amines) is 1. The molecule has 24 heavy (non-hydrogen) atoms. The third kappa shape index (κ3) is 3.53. The summed E-state index contributed by atoms with van der Waals surface area (Å²) in [6.07, 6.45) is 4.63. The van der Waals surface area contributed by atoms with Crippen molar-refractivity contribution in [3.63, 3.8) is 0 Å². The number of hydrogen-bond acceptors (Lipinski definition) is 4. The Kier molecular flexibility index (Phi) is 5.03. The van der Waals surface area contributed by atoms with Crippen LogP contribution in [0.2, 0.25) is 0 Å². The highest BCUT2D eigenvalue weighted by Crippen LogP contribution is 2.22. The fraction of sp³-hybridized carbons (Fsp3) is 0.444. The fourth-order valence-corrected chi connectivity index (χ4v) is 3.13. The summed E-state index contributed by atoms with van der Waals surface area (Å²) < 4.78 is 2.01. The minimum Gasteiger partial charge on any atom is -0.336 e. The van der Waals surface area contributed by atoms with Crippen molar-refractivity contribution in [1.82, 2.24) is 19.7 Å². The largest absolute Gasteiger partial charge is 0.336 e. The van der Waals surface area contributed by atoms with Crippen LogP contribution in [0.4, 0.5) is 0 Å². The van der Waals surface area contributed by atoms with E-state index in [0.29, 0.717) is 19.0 Å². The molecular formula is C18H22N4O2. The maximum Gasteiger partial charge on any atom is 0.289 e. The topological polar surface area (TPSA) is 68.1 Å². The quantitative estimate of drug-likeness (QED) is 0.789. The predicted molar refractivity (Wildman–Crippen MR) is 89.7 cm³/mol. The molecule has 1 amide bonds. The number of benzene rings is 1. The highest BCUT2D eigenvalue weighted by molar-refractivity contribution is 6.35. The first-order chi connectivity index (χ1) is 11.7. The van der Waals surface area contributed by atoms with Crippen molar-refractivity contribution in [3.05, 3.63) is 42.5 Å². The van der Waals surface area contributed by atoms with Crippen LogP contribution in [0, 0.1) is 5.92 Å². The van der Waals surface area contributed by atoms with Crippen molar-refractivity contribution in [2.24, 2.45) is 5.92 Å². The van der Waals surface area contributed by atoms with E-state index in [0.717, 1.165) is 30.8 Å². The van der Waals surface area contributed by atoms with Gasteiger partial charge in [-0.25, -0.2) is 0 Å². The smallest absolute Gasteiger partial charge is 0.289 e. The molecule has 1 fully saturated rings. The van der Waals surface area contributed by atoms with E-state index in [4.69, 9.17) is 0 Å². The molecular weight excluding hydrogens is 304 g/mol. The number of hydrogen-bond donors (Lipinski definition) is 0. The van der Waals surface area contributed by atoms with Gasteiger partial charge >= 0.3 is 0 Å². The Balaban J connectivity index is 1.61. The normalized spacial score (nSPS) is 15.5. The molecule has 1 saturated heterocycles. The average molecular weight is 326 g/mol. The third-order valence-corrected chi connectivity index (χ3v) is 4.59. The Morgan fingerprint density at radius 2 is 1.88 bits per heavy atom. The maximum absolute atomic E-state index is 11.9. The van der Waals surface area contributed by atoms with Crippen molar-refractivity contribution < 1.29 is 9.59 Å². The number of carbonyl (C=O) groups is 2. The molecule has 1 aliphatic rings. The highest BCUT2D eigenvalue weighted by Gasteiger charge is 2.27. The minimum absolute atomic E-state index is 0.277.